The third-order valence-corrected chi connectivity index (χ3v) is 6.91. The Morgan fingerprint density at radius 3 is 2.09 bits per heavy atom. The van der Waals surface area contributed by atoms with Crippen molar-refractivity contribution in [3.8, 4) is 0 Å². The second-order valence-corrected chi connectivity index (χ2v) is 10.2. The number of benzene rings is 3. The summed E-state index contributed by atoms with van der Waals surface area (Å²) in [6, 6.07) is 27.7. The summed E-state index contributed by atoms with van der Waals surface area (Å²) in [6.07, 6.45) is 0.873. The highest BCUT2D eigenvalue weighted by Crippen LogP contribution is 2.20. The summed E-state index contributed by atoms with van der Waals surface area (Å²) in [5, 5.41) is 3.05. The van der Waals surface area contributed by atoms with Crippen molar-refractivity contribution in [3.05, 3.63) is 107 Å². The van der Waals surface area contributed by atoms with Crippen molar-refractivity contribution in [1.82, 2.24) is 10.2 Å². The molecule has 0 saturated carbocycles. The van der Waals surface area contributed by atoms with Gasteiger partial charge in [0.25, 0.3) is 0 Å². The highest BCUT2D eigenvalue weighted by molar-refractivity contribution is 7.98. The molecule has 0 aliphatic carbocycles. The topological polar surface area (TPSA) is 49.4 Å². The molecule has 1 N–H and O–H groups in total. The Labute approximate surface area is 214 Å². The van der Waals surface area contributed by atoms with E-state index in [0.717, 1.165) is 22.4 Å². The molecule has 3 aromatic rings. The van der Waals surface area contributed by atoms with Gasteiger partial charge in [0.15, 0.2) is 0 Å². The number of aryl methyl sites for hydroxylation is 1. The lowest BCUT2D eigenvalue weighted by Gasteiger charge is -2.32. The van der Waals surface area contributed by atoms with E-state index in [-0.39, 0.29) is 17.9 Å². The van der Waals surface area contributed by atoms with Crippen LogP contribution in [0.2, 0.25) is 0 Å². The molecule has 4 nitrogen and oxygen atoms in total. The van der Waals surface area contributed by atoms with Gasteiger partial charge in [0, 0.05) is 36.9 Å². The van der Waals surface area contributed by atoms with Crippen LogP contribution < -0.4 is 5.32 Å². The van der Waals surface area contributed by atoms with E-state index < -0.39 is 6.04 Å². The van der Waals surface area contributed by atoms with Crippen molar-refractivity contribution >= 4 is 23.6 Å². The van der Waals surface area contributed by atoms with Gasteiger partial charge in [-0.1, -0.05) is 84.9 Å². The van der Waals surface area contributed by atoms with Gasteiger partial charge in [-0.05, 0) is 43.0 Å². The minimum Gasteiger partial charge on any atom is -0.352 e. The van der Waals surface area contributed by atoms with Gasteiger partial charge < -0.3 is 10.2 Å². The Hall–Kier alpha value is -3.05. The molecule has 0 fully saturated rings. The molecular formula is C30H36N2O2S. The predicted molar refractivity (Wildman–Crippen MR) is 146 cm³/mol. The largest absolute Gasteiger partial charge is 0.352 e. The molecule has 1 atom stereocenters. The Morgan fingerprint density at radius 2 is 1.46 bits per heavy atom. The van der Waals surface area contributed by atoms with E-state index in [0.29, 0.717) is 25.1 Å². The molecule has 0 aliphatic heterocycles. The van der Waals surface area contributed by atoms with E-state index >= 15 is 0 Å². The number of rotatable bonds is 12. The molecule has 0 saturated heterocycles. The fraction of sp³-hybridized carbons (Fsp3) is 0.333. The molecule has 2 amide bonds. The summed E-state index contributed by atoms with van der Waals surface area (Å²) in [4.78, 5) is 28.8. The number of amides is 2. The van der Waals surface area contributed by atoms with Crippen LogP contribution in [0.4, 0.5) is 0 Å². The first kappa shape index (κ1) is 26.6. The van der Waals surface area contributed by atoms with Crippen LogP contribution in [0.5, 0.6) is 0 Å². The zero-order valence-corrected chi connectivity index (χ0v) is 21.8. The second kappa shape index (κ2) is 13.7. The molecule has 0 bridgehead atoms. The highest BCUT2D eigenvalue weighted by Gasteiger charge is 2.30. The van der Waals surface area contributed by atoms with Gasteiger partial charge in [0.1, 0.15) is 6.04 Å². The Kier molecular flexibility index (Phi) is 10.4. The summed E-state index contributed by atoms with van der Waals surface area (Å²) in [5.74, 6) is 1.48. The predicted octanol–water partition coefficient (Wildman–Crippen LogP) is 5.78. The average molecular weight is 489 g/mol. The van der Waals surface area contributed by atoms with Gasteiger partial charge in [0.05, 0.1) is 0 Å². The lowest BCUT2D eigenvalue weighted by atomic mass is 10.0. The zero-order chi connectivity index (χ0) is 25.0. The SMILES string of the molecule is Cc1ccccc1CN(C(=O)CCSCc1ccccc1)C(Cc1ccccc1)C(=O)NC(C)C. The molecule has 3 rings (SSSR count). The molecule has 0 aromatic heterocycles. The van der Waals surface area contributed by atoms with Crippen LogP contribution in [0.15, 0.2) is 84.9 Å². The van der Waals surface area contributed by atoms with Crippen molar-refractivity contribution in [1.29, 1.82) is 0 Å². The molecule has 0 spiro atoms. The highest BCUT2D eigenvalue weighted by atomic mass is 32.2. The maximum atomic E-state index is 13.6. The molecule has 0 heterocycles. The molecule has 5 heteroatoms. The summed E-state index contributed by atoms with van der Waals surface area (Å²) < 4.78 is 0. The zero-order valence-electron chi connectivity index (χ0n) is 20.9. The van der Waals surface area contributed by atoms with Crippen LogP contribution in [0.3, 0.4) is 0 Å². The van der Waals surface area contributed by atoms with Gasteiger partial charge in [-0.25, -0.2) is 0 Å². The number of carbonyl (C=O) groups is 2. The van der Waals surface area contributed by atoms with Gasteiger partial charge >= 0.3 is 0 Å². The molecule has 0 aliphatic rings. The normalized spacial score (nSPS) is 11.8. The number of hydrogen-bond acceptors (Lipinski definition) is 3. The van der Waals surface area contributed by atoms with E-state index in [2.05, 4.69) is 17.4 Å². The Morgan fingerprint density at radius 1 is 0.857 bits per heavy atom. The number of hydrogen-bond donors (Lipinski definition) is 1. The molecule has 1 unspecified atom stereocenters. The van der Waals surface area contributed by atoms with Crippen molar-refractivity contribution in [3.63, 3.8) is 0 Å². The summed E-state index contributed by atoms with van der Waals surface area (Å²) in [7, 11) is 0. The van der Waals surface area contributed by atoms with Crippen LogP contribution >= 0.6 is 11.8 Å². The van der Waals surface area contributed by atoms with Gasteiger partial charge in [-0.2, -0.15) is 11.8 Å². The van der Waals surface area contributed by atoms with Crippen molar-refractivity contribution in [2.24, 2.45) is 0 Å². The van der Waals surface area contributed by atoms with Crippen LogP contribution in [-0.4, -0.2) is 34.6 Å². The quantitative estimate of drug-likeness (QED) is 0.329. The minimum atomic E-state index is -0.578. The summed E-state index contributed by atoms with van der Waals surface area (Å²) in [5.41, 5.74) is 4.47. The van der Waals surface area contributed by atoms with E-state index in [9.17, 15) is 9.59 Å². The number of carbonyl (C=O) groups excluding carboxylic acids is 2. The summed E-state index contributed by atoms with van der Waals surface area (Å²) >= 11 is 1.75. The van der Waals surface area contributed by atoms with Crippen molar-refractivity contribution in [2.45, 2.75) is 58.0 Å². The number of thioether (sulfide) groups is 1. The number of nitrogens with zero attached hydrogens (tertiary/aromatic N) is 1. The van der Waals surface area contributed by atoms with Gasteiger partial charge in [-0.15, -0.1) is 0 Å². The summed E-state index contributed by atoms with van der Waals surface area (Å²) in [6.45, 7) is 6.36. The van der Waals surface area contributed by atoms with Crippen LogP contribution in [0.1, 0.15) is 42.5 Å². The average Bonchev–Trinajstić information content (AvgIpc) is 2.85. The van der Waals surface area contributed by atoms with E-state index in [4.69, 9.17) is 0 Å². The minimum absolute atomic E-state index is 0.00221. The van der Waals surface area contributed by atoms with Crippen LogP contribution in [0.25, 0.3) is 0 Å². The third-order valence-electron chi connectivity index (χ3n) is 5.88. The van der Waals surface area contributed by atoms with Crippen LogP contribution in [-0.2, 0) is 28.3 Å². The number of nitrogens with one attached hydrogen (secondary N) is 1. The first-order valence-electron chi connectivity index (χ1n) is 12.2. The van der Waals surface area contributed by atoms with Crippen molar-refractivity contribution < 1.29 is 9.59 Å². The first-order chi connectivity index (χ1) is 16.9. The smallest absolute Gasteiger partial charge is 0.243 e. The molecular weight excluding hydrogens is 452 g/mol. The maximum Gasteiger partial charge on any atom is 0.243 e. The molecule has 3 aromatic carbocycles. The lowest BCUT2D eigenvalue weighted by Crippen LogP contribution is -2.52. The van der Waals surface area contributed by atoms with Gasteiger partial charge in [-0.3, -0.25) is 9.59 Å². The molecule has 35 heavy (non-hydrogen) atoms. The first-order valence-corrected chi connectivity index (χ1v) is 13.4. The molecule has 184 valence electrons. The Bertz CT molecular complexity index is 1070. The monoisotopic (exact) mass is 488 g/mol. The van der Waals surface area contributed by atoms with E-state index in [1.807, 2.05) is 93.6 Å². The lowest BCUT2D eigenvalue weighted by molar-refractivity contribution is -0.141. The van der Waals surface area contributed by atoms with Gasteiger partial charge in [0.2, 0.25) is 11.8 Å². The fourth-order valence-electron chi connectivity index (χ4n) is 3.97. The third kappa shape index (κ3) is 8.59. The standard InChI is InChI=1S/C30H36N2O2S/c1-23(2)31-30(34)28(20-25-13-6-4-7-14-25)32(21-27-17-11-10-12-24(27)3)29(33)18-19-35-22-26-15-8-5-9-16-26/h4-17,23,28H,18-22H2,1-3H3,(H,31,34). The second-order valence-electron chi connectivity index (χ2n) is 9.11. The maximum absolute atomic E-state index is 13.6. The van der Waals surface area contributed by atoms with Crippen molar-refractivity contribution in [2.75, 3.05) is 5.75 Å². The fourth-order valence-corrected chi connectivity index (χ4v) is 4.86. The van der Waals surface area contributed by atoms with E-state index in [1.54, 1.807) is 16.7 Å². The molecule has 0 radical (unpaired) electrons. The van der Waals surface area contributed by atoms with Crippen LogP contribution in [0, 0.1) is 6.92 Å². The Balaban J connectivity index is 1.80. The van der Waals surface area contributed by atoms with E-state index in [1.165, 1.54) is 5.56 Å².